The fourth-order valence-electron chi connectivity index (χ4n) is 1.19. The number of aromatic nitrogens is 3. The number of rotatable bonds is 2. The lowest BCUT2D eigenvalue weighted by molar-refractivity contribution is 1.02. The van der Waals surface area contributed by atoms with Gasteiger partial charge < -0.3 is 0 Å². The van der Waals surface area contributed by atoms with Crippen LogP contribution in [0.1, 0.15) is 11.4 Å². The van der Waals surface area contributed by atoms with Crippen LogP contribution >= 0.6 is 11.6 Å². The molecule has 0 unspecified atom stereocenters. The van der Waals surface area contributed by atoms with Crippen LogP contribution in [0.3, 0.4) is 0 Å². The highest BCUT2D eigenvalue weighted by molar-refractivity contribution is 6.16. The van der Waals surface area contributed by atoms with E-state index in [1.807, 2.05) is 31.2 Å². The Bertz CT molecular complexity index is 419. The molecular formula is C10H10ClN3. The molecule has 0 amide bonds. The summed E-state index contributed by atoms with van der Waals surface area (Å²) >= 11 is 5.62. The highest BCUT2D eigenvalue weighted by Crippen LogP contribution is 2.15. The minimum absolute atomic E-state index is 0.360. The predicted octanol–water partition coefficient (Wildman–Crippen LogP) is 2.52. The fourth-order valence-corrected chi connectivity index (χ4v) is 1.31. The largest absolute Gasteiger partial charge is 0.262 e. The second kappa shape index (κ2) is 3.80. The average molecular weight is 208 g/mol. The van der Waals surface area contributed by atoms with Gasteiger partial charge in [-0.25, -0.2) is 4.98 Å². The Balaban J connectivity index is 2.34. The molecule has 0 aliphatic rings. The van der Waals surface area contributed by atoms with Crippen LogP contribution in [0.5, 0.6) is 0 Å². The van der Waals surface area contributed by atoms with Gasteiger partial charge in [0.05, 0.1) is 5.88 Å². The molecule has 0 atom stereocenters. The van der Waals surface area contributed by atoms with Crippen molar-refractivity contribution in [1.82, 2.24) is 15.2 Å². The van der Waals surface area contributed by atoms with Gasteiger partial charge in [0.25, 0.3) is 0 Å². The summed E-state index contributed by atoms with van der Waals surface area (Å²) in [5.41, 5.74) is 2.23. The monoisotopic (exact) mass is 207 g/mol. The first kappa shape index (κ1) is 9.21. The van der Waals surface area contributed by atoms with E-state index in [4.69, 9.17) is 11.6 Å². The van der Waals surface area contributed by atoms with Gasteiger partial charge in [-0.05, 0) is 6.92 Å². The molecule has 14 heavy (non-hydrogen) atoms. The number of nitrogens with zero attached hydrogens (tertiary/aromatic N) is 2. The van der Waals surface area contributed by atoms with Crippen molar-refractivity contribution in [2.75, 3.05) is 0 Å². The Labute approximate surface area is 87.1 Å². The van der Waals surface area contributed by atoms with Crippen LogP contribution in [0.25, 0.3) is 11.4 Å². The lowest BCUT2D eigenvalue weighted by Crippen LogP contribution is -1.81. The van der Waals surface area contributed by atoms with Gasteiger partial charge in [0.1, 0.15) is 5.82 Å². The van der Waals surface area contributed by atoms with E-state index in [2.05, 4.69) is 15.2 Å². The molecule has 0 saturated heterocycles. The first-order valence-corrected chi connectivity index (χ1v) is 4.87. The lowest BCUT2D eigenvalue weighted by atomic mass is 10.1. The summed E-state index contributed by atoms with van der Waals surface area (Å²) < 4.78 is 0. The summed E-state index contributed by atoms with van der Waals surface area (Å²) in [7, 11) is 0. The molecule has 0 bridgehead atoms. The number of hydrogen-bond donors (Lipinski definition) is 1. The van der Waals surface area contributed by atoms with E-state index in [0.29, 0.717) is 17.5 Å². The fraction of sp³-hybridized carbons (Fsp3) is 0.200. The van der Waals surface area contributed by atoms with Crippen LogP contribution in [0.4, 0.5) is 0 Å². The first-order valence-electron chi connectivity index (χ1n) is 4.34. The van der Waals surface area contributed by atoms with Crippen molar-refractivity contribution in [2.24, 2.45) is 0 Å². The highest BCUT2D eigenvalue weighted by atomic mass is 35.5. The SMILES string of the molecule is Cc1ccc(-c2n[nH]c(CCl)n2)cc1. The molecular weight excluding hydrogens is 198 g/mol. The summed E-state index contributed by atoms with van der Waals surface area (Å²) in [6.45, 7) is 2.05. The van der Waals surface area contributed by atoms with Crippen molar-refractivity contribution in [2.45, 2.75) is 12.8 Å². The third-order valence-electron chi connectivity index (χ3n) is 1.97. The molecule has 1 aromatic heterocycles. The highest BCUT2D eigenvalue weighted by Gasteiger charge is 2.03. The molecule has 0 saturated carbocycles. The summed E-state index contributed by atoms with van der Waals surface area (Å²) in [5, 5.41) is 6.84. The zero-order valence-corrected chi connectivity index (χ0v) is 8.54. The Hall–Kier alpha value is -1.35. The quantitative estimate of drug-likeness (QED) is 0.769. The van der Waals surface area contributed by atoms with Gasteiger partial charge in [0.15, 0.2) is 5.82 Å². The second-order valence-electron chi connectivity index (χ2n) is 3.11. The molecule has 1 N–H and O–H groups in total. The summed E-state index contributed by atoms with van der Waals surface area (Å²) in [4.78, 5) is 4.23. The standard InChI is InChI=1S/C10H10ClN3/c1-7-2-4-8(5-3-7)10-12-9(6-11)13-14-10/h2-5H,6H2,1H3,(H,12,13,14). The number of H-pyrrole nitrogens is 1. The molecule has 1 heterocycles. The molecule has 2 rings (SSSR count). The Kier molecular flexibility index (Phi) is 2.50. The third kappa shape index (κ3) is 1.77. The molecule has 0 aliphatic carbocycles. The van der Waals surface area contributed by atoms with Crippen LogP contribution in [-0.4, -0.2) is 15.2 Å². The molecule has 0 fully saturated rings. The van der Waals surface area contributed by atoms with Crippen molar-refractivity contribution in [3.05, 3.63) is 35.7 Å². The Morgan fingerprint density at radius 1 is 1.29 bits per heavy atom. The molecule has 0 aliphatic heterocycles. The molecule has 2 aromatic rings. The molecule has 1 aromatic carbocycles. The van der Waals surface area contributed by atoms with E-state index in [1.54, 1.807) is 0 Å². The number of nitrogens with one attached hydrogen (secondary N) is 1. The van der Waals surface area contributed by atoms with E-state index in [1.165, 1.54) is 5.56 Å². The normalized spacial score (nSPS) is 10.4. The number of halogens is 1. The van der Waals surface area contributed by atoms with Crippen LogP contribution < -0.4 is 0 Å². The predicted molar refractivity (Wildman–Crippen MR) is 56.1 cm³/mol. The number of alkyl halides is 1. The van der Waals surface area contributed by atoms with Crippen LogP contribution in [0.2, 0.25) is 0 Å². The molecule has 3 nitrogen and oxygen atoms in total. The molecule has 72 valence electrons. The van der Waals surface area contributed by atoms with Crippen molar-refractivity contribution in [1.29, 1.82) is 0 Å². The van der Waals surface area contributed by atoms with Crippen molar-refractivity contribution in [3.63, 3.8) is 0 Å². The molecule has 4 heteroatoms. The maximum atomic E-state index is 5.62. The van der Waals surface area contributed by atoms with Gasteiger partial charge in [-0.3, -0.25) is 5.10 Å². The van der Waals surface area contributed by atoms with E-state index >= 15 is 0 Å². The van der Waals surface area contributed by atoms with Gasteiger partial charge in [0.2, 0.25) is 0 Å². The maximum Gasteiger partial charge on any atom is 0.181 e. The van der Waals surface area contributed by atoms with E-state index in [9.17, 15) is 0 Å². The number of hydrogen-bond acceptors (Lipinski definition) is 2. The van der Waals surface area contributed by atoms with E-state index in [0.717, 1.165) is 5.56 Å². The van der Waals surface area contributed by atoms with Crippen LogP contribution in [0.15, 0.2) is 24.3 Å². The van der Waals surface area contributed by atoms with Crippen molar-refractivity contribution < 1.29 is 0 Å². The van der Waals surface area contributed by atoms with E-state index < -0.39 is 0 Å². The van der Waals surface area contributed by atoms with Gasteiger partial charge in [-0.15, -0.1) is 11.6 Å². The van der Waals surface area contributed by atoms with Crippen molar-refractivity contribution in [3.8, 4) is 11.4 Å². The smallest absolute Gasteiger partial charge is 0.181 e. The van der Waals surface area contributed by atoms with Gasteiger partial charge in [-0.2, -0.15) is 5.10 Å². The number of aromatic amines is 1. The minimum atomic E-state index is 0.360. The Morgan fingerprint density at radius 3 is 2.57 bits per heavy atom. The number of benzene rings is 1. The molecule has 0 spiro atoms. The average Bonchev–Trinajstić information content (AvgIpc) is 2.67. The first-order chi connectivity index (χ1) is 6.79. The van der Waals surface area contributed by atoms with Crippen molar-refractivity contribution >= 4 is 11.6 Å². The van der Waals surface area contributed by atoms with Gasteiger partial charge >= 0.3 is 0 Å². The molecule has 0 radical (unpaired) electrons. The number of aryl methyl sites for hydroxylation is 1. The van der Waals surface area contributed by atoms with Crippen LogP contribution in [0, 0.1) is 6.92 Å². The van der Waals surface area contributed by atoms with E-state index in [-0.39, 0.29) is 0 Å². The zero-order chi connectivity index (χ0) is 9.97. The zero-order valence-electron chi connectivity index (χ0n) is 7.79. The Morgan fingerprint density at radius 2 is 2.00 bits per heavy atom. The third-order valence-corrected chi connectivity index (χ3v) is 2.22. The topological polar surface area (TPSA) is 41.6 Å². The van der Waals surface area contributed by atoms with Gasteiger partial charge in [0, 0.05) is 5.56 Å². The maximum absolute atomic E-state index is 5.62. The van der Waals surface area contributed by atoms with Crippen LogP contribution in [-0.2, 0) is 5.88 Å². The summed E-state index contributed by atoms with van der Waals surface area (Å²) in [5.74, 6) is 1.75. The lowest BCUT2D eigenvalue weighted by Gasteiger charge is -1.94. The minimum Gasteiger partial charge on any atom is -0.262 e. The summed E-state index contributed by atoms with van der Waals surface area (Å²) in [6, 6.07) is 8.06. The van der Waals surface area contributed by atoms with Gasteiger partial charge in [-0.1, -0.05) is 29.8 Å². The second-order valence-corrected chi connectivity index (χ2v) is 3.37. The summed E-state index contributed by atoms with van der Waals surface area (Å²) in [6.07, 6.45) is 0.